The lowest BCUT2D eigenvalue weighted by molar-refractivity contribution is -0.131. The number of rotatable bonds is 5. The Labute approximate surface area is 163 Å². The molecule has 3 heterocycles. The van der Waals surface area contributed by atoms with Crippen LogP contribution in [0.4, 0.5) is 0 Å². The van der Waals surface area contributed by atoms with E-state index in [0.717, 1.165) is 29.7 Å². The van der Waals surface area contributed by atoms with Gasteiger partial charge in [0, 0.05) is 37.0 Å². The molecule has 0 aliphatic carbocycles. The van der Waals surface area contributed by atoms with Gasteiger partial charge in [-0.15, -0.1) is 0 Å². The Bertz CT molecular complexity index is 934. The standard InChI is InChI=1S/C21H22N4O3/c1-27-18-7-3-2-5-16(18)13-19(26)25-11-8-15(9-12-25)20-23-21(28-24-20)17-6-4-10-22-14-17/h2-7,10,14-15H,8-9,11-13H2,1H3. The molecule has 2 aromatic heterocycles. The van der Waals surface area contributed by atoms with Crippen molar-refractivity contribution < 1.29 is 14.1 Å². The Morgan fingerprint density at radius 2 is 2.04 bits per heavy atom. The van der Waals surface area contributed by atoms with Crippen LogP contribution in [0.15, 0.2) is 53.3 Å². The molecule has 0 bridgehead atoms. The van der Waals surface area contributed by atoms with Crippen molar-refractivity contribution in [2.75, 3.05) is 20.2 Å². The second kappa shape index (κ2) is 8.21. The number of para-hydroxylation sites is 1. The summed E-state index contributed by atoms with van der Waals surface area (Å²) >= 11 is 0. The van der Waals surface area contributed by atoms with Crippen molar-refractivity contribution in [2.24, 2.45) is 0 Å². The predicted octanol–water partition coefficient (Wildman–Crippen LogP) is 3.09. The number of hydrogen-bond donors (Lipinski definition) is 0. The van der Waals surface area contributed by atoms with Crippen LogP contribution >= 0.6 is 0 Å². The average Bonchev–Trinajstić information content (AvgIpc) is 3.25. The number of piperidine rings is 1. The van der Waals surface area contributed by atoms with Gasteiger partial charge in [-0.25, -0.2) is 0 Å². The first-order valence-corrected chi connectivity index (χ1v) is 9.38. The molecule has 0 radical (unpaired) electrons. The normalized spacial score (nSPS) is 14.8. The number of methoxy groups -OCH3 is 1. The number of hydrogen-bond acceptors (Lipinski definition) is 6. The summed E-state index contributed by atoms with van der Waals surface area (Å²) in [6.07, 6.45) is 5.41. The number of carbonyl (C=O) groups is 1. The molecule has 0 spiro atoms. The molecule has 28 heavy (non-hydrogen) atoms. The Morgan fingerprint density at radius 3 is 2.79 bits per heavy atom. The Morgan fingerprint density at radius 1 is 1.21 bits per heavy atom. The summed E-state index contributed by atoms with van der Waals surface area (Å²) in [4.78, 5) is 23.2. The molecular formula is C21H22N4O3. The van der Waals surface area contributed by atoms with Crippen molar-refractivity contribution in [3.63, 3.8) is 0 Å². The largest absolute Gasteiger partial charge is 0.496 e. The van der Waals surface area contributed by atoms with Crippen LogP contribution in [-0.2, 0) is 11.2 Å². The SMILES string of the molecule is COc1ccccc1CC(=O)N1CCC(c2noc(-c3cccnc3)n2)CC1. The van der Waals surface area contributed by atoms with Gasteiger partial charge in [-0.2, -0.15) is 4.98 Å². The first kappa shape index (κ1) is 18.2. The maximum absolute atomic E-state index is 12.7. The van der Waals surface area contributed by atoms with E-state index in [0.29, 0.717) is 31.2 Å². The summed E-state index contributed by atoms with van der Waals surface area (Å²) in [6, 6.07) is 11.4. The third kappa shape index (κ3) is 3.88. The van der Waals surface area contributed by atoms with Gasteiger partial charge < -0.3 is 14.2 Å². The number of likely N-dealkylation sites (tertiary alicyclic amines) is 1. The van der Waals surface area contributed by atoms with Crippen LogP contribution in [0.2, 0.25) is 0 Å². The lowest BCUT2D eigenvalue weighted by atomic mass is 9.95. The summed E-state index contributed by atoms with van der Waals surface area (Å²) in [7, 11) is 1.62. The van der Waals surface area contributed by atoms with E-state index in [-0.39, 0.29) is 11.8 Å². The van der Waals surface area contributed by atoms with Gasteiger partial charge in [0.05, 0.1) is 19.1 Å². The van der Waals surface area contributed by atoms with Crippen LogP contribution in [0.3, 0.4) is 0 Å². The number of pyridine rings is 1. The van der Waals surface area contributed by atoms with Crippen molar-refractivity contribution in [1.82, 2.24) is 20.0 Å². The van der Waals surface area contributed by atoms with E-state index in [1.165, 1.54) is 0 Å². The zero-order valence-electron chi connectivity index (χ0n) is 15.7. The molecule has 7 nitrogen and oxygen atoms in total. The van der Waals surface area contributed by atoms with E-state index < -0.39 is 0 Å². The van der Waals surface area contributed by atoms with Crippen LogP contribution in [0.5, 0.6) is 5.75 Å². The molecule has 1 fully saturated rings. The van der Waals surface area contributed by atoms with E-state index in [1.807, 2.05) is 41.3 Å². The van der Waals surface area contributed by atoms with Crippen LogP contribution in [0, 0.1) is 0 Å². The van der Waals surface area contributed by atoms with E-state index in [2.05, 4.69) is 15.1 Å². The molecule has 144 valence electrons. The minimum absolute atomic E-state index is 0.118. The summed E-state index contributed by atoms with van der Waals surface area (Å²) in [5, 5.41) is 4.14. The molecule has 1 aliphatic heterocycles. The Balaban J connectivity index is 1.36. The fourth-order valence-corrected chi connectivity index (χ4v) is 3.52. The first-order chi connectivity index (χ1) is 13.7. The molecule has 0 N–H and O–H groups in total. The number of nitrogens with zero attached hydrogens (tertiary/aromatic N) is 4. The van der Waals surface area contributed by atoms with Crippen LogP contribution in [0.1, 0.15) is 30.1 Å². The van der Waals surface area contributed by atoms with E-state index in [9.17, 15) is 4.79 Å². The second-order valence-corrected chi connectivity index (χ2v) is 6.84. The molecule has 0 unspecified atom stereocenters. The maximum atomic E-state index is 12.7. The third-order valence-electron chi connectivity index (χ3n) is 5.10. The summed E-state index contributed by atoms with van der Waals surface area (Å²) < 4.78 is 10.7. The van der Waals surface area contributed by atoms with Gasteiger partial charge in [0.1, 0.15) is 5.75 Å². The van der Waals surface area contributed by atoms with Gasteiger partial charge in [-0.3, -0.25) is 9.78 Å². The second-order valence-electron chi connectivity index (χ2n) is 6.84. The molecular weight excluding hydrogens is 356 g/mol. The average molecular weight is 378 g/mol. The lowest BCUT2D eigenvalue weighted by Gasteiger charge is -2.30. The minimum atomic E-state index is 0.118. The summed E-state index contributed by atoms with van der Waals surface area (Å²) in [5.41, 5.74) is 1.72. The predicted molar refractivity (Wildman–Crippen MR) is 103 cm³/mol. The van der Waals surface area contributed by atoms with E-state index in [1.54, 1.807) is 19.5 Å². The van der Waals surface area contributed by atoms with Crippen LogP contribution in [0.25, 0.3) is 11.5 Å². The van der Waals surface area contributed by atoms with Crippen molar-refractivity contribution >= 4 is 5.91 Å². The van der Waals surface area contributed by atoms with Crippen molar-refractivity contribution in [3.05, 3.63) is 60.2 Å². The highest BCUT2D eigenvalue weighted by Gasteiger charge is 2.27. The zero-order chi connectivity index (χ0) is 19.3. The first-order valence-electron chi connectivity index (χ1n) is 9.38. The lowest BCUT2D eigenvalue weighted by Crippen LogP contribution is -2.39. The molecule has 3 aromatic rings. The molecule has 7 heteroatoms. The zero-order valence-corrected chi connectivity index (χ0v) is 15.7. The van der Waals surface area contributed by atoms with Gasteiger partial charge in [0.15, 0.2) is 5.82 Å². The number of aromatic nitrogens is 3. The third-order valence-corrected chi connectivity index (χ3v) is 5.10. The van der Waals surface area contributed by atoms with Gasteiger partial charge in [0.2, 0.25) is 5.91 Å². The molecule has 1 amide bonds. The quantitative estimate of drug-likeness (QED) is 0.679. The van der Waals surface area contributed by atoms with Crippen LogP contribution in [-0.4, -0.2) is 46.1 Å². The number of carbonyl (C=O) groups excluding carboxylic acids is 1. The number of benzene rings is 1. The smallest absolute Gasteiger partial charge is 0.259 e. The van der Waals surface area contributed by atoms with Gasteiger partial charge in [0.25, 0.3) is 5.89 Å². The fraction of sp³-hybridized carbons (Fsp3) is 0.333. The number of amides is 1. The summed E-state index contributed by atoms with van der Waals surface area (Å²) in [5.74, 6) is 2.26. The summed E-state index contributed by atoms with van der Waals surface area (Å²) in [6.45, 7) is 1.38. The molecule has 1 saturated heterocycles. The van der Waals surface area contributed by atoms with Gasteiger partial charge >= 0.3 is 0 Å². The molecule has 0 saturated carbocycles. The fourth-order valence-electron chi connectivity index (χ4n) is 3.52. The van der Waals surface area contributed by atoms with Crippen LogP contribution < -0.4 is 4.74 Å². The van der Waals surface area contributed by atoms with E-state index >= 15 is 0 Å². The molecule has 4 rings (SSSR count). The highest BCUT2D eigenvalue weighted by Crippen LogP contribution is 2.28. The minimum Gasteiger partial charge on any atom is -0.496 e. The highest BCUT2D eigenvalue weighted by molar-refractivity contribution is 5.79. The highest BCUT2D eigenvalue weighted by atomic mass is 16.5. The Kier molecular flexibility index (Phi) is 5.32. The maximum Gasteiger partial charge on any atom is 0.259 e. The monoisotopic (exact) mass is 378 g/mol. The van der Waals surface area contributed by atoms with Crippen molar-refractivity contribution in [2.45, 2.75) is 25.2 Å². The van der Waals surface area contributed by atoms with E-state index in [4.69, 9.17) is 9.26 Å². The van der Waals surface area contributed by atoms with Crippen molar-refractivity contribution in [1.29, 1.82) is 0 Å². The number of ether oxygens (including phenoxy) is 1. The molecule has 1 aliphatic rings. The molecule has 0 atom stereocenters. The molecule has 1 aromatic carbocycles. The van der Waals surface area contributed by atoms with Gasteiger partial charge in [-0.1, -0.05) is 23.4 Å². The van der Waals surface area contributed by atoms with Crippen molar-refractivity contribution in [3.8, 4) is 17.2 Å². The van der Waals surface area contributed by atoms with Gasteiger partial charge in [-0.05, 0) is 31.0 Å². The Hall–Kier alpha value is -3.22. The topological polar surface area (TPSA) is 81.4 Å².